The second kappa shape index (κ2) is 5.90. The van der Waals surface area contributed by atoms with E-state index in [0.29, 0.717) is 6.26 Å². The first-order chi connectivity index (χ1) is 8.70. The second-order valence-corrected chi connectivity index (χ2v) is 5.53. The summed E-state index contributed by atoms with van der Waals surface area (Å²) in [6.07, 6.45) is 2.52. The minimum Gasteiger partial charge on any atom is -0.748 e. The highest BCUT2D eigenvalue weighted by atomic mass is 32.2. The molecule has 2 aromatic rings. The first-order valence-electron chi connectivity index (χ1n) is 5.49. The third kappa shape index (κ3) is 4.76. The van der Waals surface area contributed by atoms with Gasteiger partial charge in [-0.2, -0.15) is 0 Å². The van der Waals surface area contributed by atoms with Gasteiger partial charge in [-0.05, 0) is 13.0 Å². The molecule has 0 aliphatic carbocycles. The van der Waals surface area contributed by atoms with E-state index in [2.05, 4.69) is 0 Å². The van der Waals surface area contributed by atoms with Crippen LogP contribution in [0.2, 0.25) is 0 Å². The monoisotopic (exact) mass is 281 g/mol. The van der Waals surface area contributed by atoms with Crippen LogP contribution in [0.25, 0.3) is 10.9 Å². The van der Waals surface area contributed by atoms with Crippen molar-refractivity contribution < 1.29 is 22.3 Å². The van der Waals surface area contributed by atoms with Crippen molar-refractivity contribution in [2.24, 2.45) is 7.05 Å². The number of pyridine rings is 1. The Balaban J connectivity index is 0.000000312. The molecule has 0 fully saturated rings. The smallest absolute Gasteiger partial charge is 0.212 e. The lowest BCUT2D eigenvalue weighted by Gasteiger charge is -2.00. The highest BCUT2D eigenvalue weighted by molar-refractivity contribution is 7.84. The minimum absolute atomic E-state index is 0.113. The van der Waals surface area contributed by atoms with Crippen LogP contribution in [0.5, 0.6) is 0 Å². The van der Waals surface area contributed by atoms with Crippen LogP contribution in [0.4, 0.5) is 0 Å². The largest absolute Gasteiger partial charge is 0.748 e. The van der Waals surface area contributed by atoms with Gasteiger partial charge < -0.3 is 4.55 Å². The molecule has 1 aromatic heterocycles. The van der Waals surface area contributed by atoms with Crippen molar-refractivity contribution >= 4 is 26.8 Å². The lowest BCUT2D eigenvalue weighted by Crippen LogP contribution is -2.28. The van der Waals surface area contributed by atoms with Crippen LogP contribution >= 0.6 is 0 Å². The number of ketones is 1. The molecule has 0 spiro atoms. The Bertz CT molecular complexity index is 700. The zero-order valence-electron chi connectivity index (χ0n) is 11.0. The fourth-order valence-electron chi connectivity index (χ4n) is 1.67. The molecule has 19 heavy (non-hydrogen) atoms. The van der Waals surface area contributed by atoms with Gasteiger partial charge in [0.15, 0.2) is 12.0 Å². The summed E-state index contributed by atoms with van der Waals surface area (Å²) in [6.45, 7) is 1.60. The van der Waals surface area contributed by atoms with Crippen LogP contribution in [0, 0.1) is 0 Å². The van der Waals surface area contributed by atoms with Gasteiger partial charge in [0, 0.05) is 24.0 Å². The number of Topliss-reactive ketones (excluding diaryl/α,β-unsaturated/α-hetero) is 1. The number of para-hydroxylation sites is 1. The van der Waals surface area contributed by atoms with Crippen LogP contribution in [0.3, 0.4) is 0 Å². The number of hydrogen-bond acceptors (Lipinski definition) is 4. The summed E-state index contributed by atoms with van der Waals surface area (Å²) < 4.78 is 29.2. The summed E-state index contributed by atoms with van der Waals surface area (Å²) >= 11 is 0. The van der Waals surface area contributed by atoms with E-state index in [0.717, 1.165) is 16.5 Å². The molecule has 1 aromatic carbocycles. The van der Waals surface area contributed by atoms with Crippen LogP contribution in [-0.4, -0.2) is 25.0 Å². The van der Waals surface area contributed by atoms with Gasteiger partial charge in [0.25, 0.3) is 0 Å². The molecule has 0 amide bonds. The lowest BCUT2D eigenvalue weighted by molar-refractivity contribution is -0.644. The zero-order valence-corrected chi connectivity index (χ0v) is 11.8. The Morgan fingerprint density at radius 3 is 2.26 bits per heavy atom. The summed E-state index contributed by atoms with van der Waals surface area (Å²) in [5.41, 5.74) is 1.87. The van der Waals surface area contributed by atoms with Crippen molar-refractivity contribution in [3.05, 3.63) is 42.1 Å². The molecule has 0 aliphatic heterocycles. The third-order valence-corrected chi connectivity index (χ3v) is 2.42. The fourth-order valence-corrected chi connectivity index (χ4v) is 1.67. The maximum absolute atomic E-state index is 11.4. The van der Waals surface area contributed by atoms with Crippen LogP contribution < -0.4 is 4.57 Å². The minimum atomic E-state index is -3.92. The normalized spacial score (nSPS) is 10.7. The highest BCUT2D eigenvalue weighted by Crippen LogP contribution is 2.14. The van der Waals surface area contributed by atoms with E-state index < -0.39 is 10.1 Å². The van der Waals surface area contributed by atoms with Crippen LogP contribution in [-0.2, 0) is 17.2 Å². The van der Waals surface area contributed by atoms with Gasteiger partial charge in [-0.1, -0.05) is 12.1 Å². The van der Waals surface area contributed by atoms with Crippen molar-refractivity contribution in [3.63, 3.8) is 0 Å². The van der Waals surface area contributed by atoms with Crippen molar-refractivity contribution in [1.29, 1.82) is 0 Å². The van der Waals surface area contributed by atoms with Crippen molar-refractivity contribution in [2.75, 3.05) is 6.26 Å². The molecule has 0 unspecified atom stereocenters. The molecule has 0 aliphatic rings. The Kier molecular flexibility index (Phi) is 4.74. The molecule has 5 nitrogen and oxygen atoms in total. The summed E-state index contributed by atoms with van der Waals surface area (Å²) in [7, 11) is -1.94. The topological polar surface area (TPSA) is 78.1 Å². The number of aryl methyl sites for hydroxylation is 1. The van der Waals surface area contributed by atoms with Crippen molar-refractivity contribution in [3.8, 4) is 0 Å². The molecule has 0 N–H and O–H groups in total. The van der Waals surface area contributed by atoms with Gasteiger partial charge in [-0.25, -0.2) is 13.0 Å². The number of rotatable bonds is 1. The van der Waals surface area contributed by atoms with Gasteiger partial charge in [-0.15, -0.1) is 0 Å². The lowest BCUT2D eigenvalue weighted by atomic mass is 10.1. The van der Waals surface area contributed by atoms with Crippen molar-refractivity contribution in [2.45, 2.75) is 6.92 Å². The highest BCUT2D eigenvalue weighted by Gasteiger charge is 2.10. The van der Waals surface area contributed by atoms with Gasteiger partial charge >= 0.3 is 0 Å². The van der Waals surface area contributed by atoms with Crippen LogP contribution in [0.15, 0.2) is 36.5 Å². The Morgan fingerprint density at radius 1 is 1.21 bits per heavy atom. The van der Waals surface area contributed by atoms with Gasteiger partial charge in [0.1, 0.15) is 7.05 Å². The summed E-state index contributed by atoms with van der Waals surface area (Å²) in [5.74, 6) is 0.113. The molecule has 0 saturated carbocycles. The average molecular weight is 281 g/mol. The molecule has 6 heteroatoms. The summed E-state index contributed by atoms with van der Waals surface area (Å²) in [5, 5.41) is 1.02. The number of carbonyl (C=O) groups excluding carboxylic acids is 1. The van der Waals surface area contributed by atoms with Gasteiger partial charge in [0.05, 0.1) is 15.5 Å². The predicted molar refractivity (Wildman–Crippen MR) is 70.7 cm³/mol. The summed E-state index contributed by atoms with van der Waals surface area (Å²) in [6, 6.07) is 9.79. The molecule has 102 valence electrons. The number of aromatic nitrogens is 1. The standard InChI is InChI=1S/C12H12NO.CH4O3S/c1-9(14)10-7-8-13(2)12-6-4-3-5-11(10)12;1-5(2,3)4/h3-8H,1-2H3;1H3,(H,2,3,4)/q+1;/p-1. The maximum Gasteiger partial charge on any atom is 0.212 e. The van der Waals surface area contributed by atoms with E-state index in [4.69, 9.17) is 13.0 Å². The van der Waals surface area contributed by atoms with E-state index in [-0.39, 0.29) is 5.78 Å². The zero-order chi connectivity index (χ0) is 14.6. The molecular formula is C13H15NO4S. The van der Waals surface area contributed by atoms with Crippen molar-refractivity contribution in [1.82, 2.24) is 0 Å². The fraction of sp³-hybridized carbons (Fsp3) is 0.231. The quantitative estimate of drug-likeness (QED) is 0.444. The number of nitrogens with zero attached hydrogens (tertiary/aromatic N) is 1. The molecule has 0 atom stereocenters. The Hall–Kier alpha value is -1.79. The first kappa shape index (κ1) is 15.3. The van der Waals surface area contributed by atoms with E-state index in [1.54, 1.807) is 6.92 Å². The molecular weight excluding hydrogens is 266 g/mol. The SMILES string of the molecule is CC(=O)c1cc[n+](C)c2ccccc12.CS(=O)(=O)[O-]. The molecule has 0 bridgehead atoms. The number of hydrogen-bond donors (Lipinski definition) is 0. The first-order valence-corrected chi connectivity index (χ1v) is 7.31. The number of benzene rings is 1. The maximum atomic E-state index is 11.4. The number of fused-ring (bicyclic) bond motifs is 1. The van der Waals surface area contributed by atoms with E-state index >= 15 is 0 Å². The average Bonchev–Trinajstić information content (AvgIpc) is 2.27. The molecule has 2 rings (SSSR count). The predicted octanol–water partition coefficient (Wildman–Crippen LogP) is 1.03. The molecule has 0 radical (unpaired) electrons. The second-order valence-electron chi connectivity index (χ2n) is 4.12. The summed E-state index contributed by atoms with van der Waals surface area (Å²) in [4.78, 5) is 11.4. The Labute approximate surface area is 112 Å². The van der Waals surface area contributed by atoms with E-state index in [9.17, 15) is 4.79 Å². The molecule has 0 saturated heterocycles. The third-order valence-electron chi connectivity index (χ3n) is 2.42. The molecule has 1 heterocycles. The van der Waals surface area contributed by atoms with Gasteiger partial charge in [0.2, 0.25) is 5.52 Å². The number of carbonyl (C=O) groups is 1. The van der Waals surface area contributed by atoms with Crippen LogP contribution in [0.1, 0.15) is 17.3 Å². The van der Waals surface area contributed by atoms with E-state index in [1.165, 1.54) is 0 Å². The Morgan fingerprint density at radius 2 is 1.74 bits per heavy atom. The van der Waals surface area contributed by atoms with E-state index in [1.807, 2.05) is 48.1 Å². The van der Waals surface area contributed by atoms with Gasteiger partial charge in [-0.3, -0.25) is 4.79 Å².